The molecule has 1 unspecified atom stereocenters. The number of benzene rings is 1. The normalized spacial score (nSPS) is 17.5. The summed E-state index contributed by atoms with van der Waals surface area (Å²) in [5, 5.41) is 19.3. The third kappa shape index (κ3) is 4.45. The Kier molecular flexibility index (Phi) is 6.47. The van der Waals surface area contributed by atoms with E-state index in [4.69, 9.17) is 11.6 Å². The second-order valence-corrected chi connectivity index (χ2v) is 8.71. The SMILES string of the molecule is CCn1ncnc1-c1nc(N2CCN(C(=O)N3N=CCC3c3cc(F)cc(C#N)c3)CC2)ncc1Cl. The van der Waals surface area contributed by atoms with E-state index in [2.05, 4.69) is 25.2 Å². The minimum atomic E-state index is -0.517. The highest BCUT2D eigenvalue weighted by Gasteiger charge is 2.34. The van der Waals surface area contributed by atoms with Crippen LogP contribution in [0.5, 0.6) is 0 Å². The van der Waals surface area contributed by atoms with E-state index in [1.54, 1.807) is 28.1 Å². The molecule has 13 heteroatoms. The monoisotopic (exact) mass is 508 g/mol. The van der Waals surface area contributed by atoms with E-state index < -0.39 is 11.9 Å². The second kappa shape index (κ2) is 9.87. The smallest absolute Gasteiger partial charge is 0.337 e. The summed E-state index contributed by atoms with van der Waals surface area (Å²) in [7, 11) is 0. The van der Waals surface area contributed by atoms with Gasteiger partial charge in [-0.1, -0.05) is 11.6 Å². The highest BCUT2D eigenvalue weighted by molar-refractivity contribution is 6.32. The Morgan fingerprint density at radius 1 is 1.22 bits per heavy atom. The number of rotatable bonds is 4. The number of hydrogen-bond donors (Lipinski definition) is 0. The number of anilines is 1. The molecule has 2 amide bonds. The Morgan fingerprint density at radius 3 is 2.78 bits per heavy atom. The molecule has 1 saturated heterocycles. The van der Waals surface area contributed by atoms with Crippen molar-refractivity contribution in [1.29, 1.82) is 5.26 Å². The zero-order valence-electron chi connectivity index (χ0n) is 19.4. The summed E-state index contributed by atoms with van der Waals surface area (Å²) in [6.45, 7) is 4.45. The predicted octanol–water partition coefficient (Wildman–Crippen LogP) is 3.09. The molecule has 2 aliphatic rings. The summed E-state index contributed by atoms with van der Waals surface area (Å²) < 4.78 is 15.7. The fourth-order valence-electron chi connectivity index (χ4n) is 4.33. The number of amides is 2. The Balaban J connectivity index is 1.28. The summed E-state index contributed by atoms with van der Waals surface area (Å²) in [4.78, 5) is 30.2. The molecule has 184 valence electrons. The van der Waals surface area contributed by atoms with E-state index in [0.29, 0.717) is 67.2 Å². The minimum Gasteiger partial charge on any atom is -0.337 e. The van der Waals surface area contributed by atoms with Crippen LogP contribution in [-0.4, -0.2) is 73.1 Å². The highest BCUT2D eigenvalue weighted by Crippen LogP contribution is 2.31. The lowest BCUT2D eigenvalue weighted by atomic mass is 10.0. The molecular weight excluding hydrogens is 487 g/mol. The van der Waals surface area contributed by atoms with Crippen LogP contribution in [0.4, 0.5) is 15.1 Å². The van der Waals surface area contributed by atoms with Gasteiger partial charge in [-0.3, -0.25) is 0 Å². The second-order valence-electron chi connectivity index (χ2n) is 8.30. The average molecular weight is 509 g/mol. The first-order valence-corrected chi connectivity index (χ1v) is 11.8. The number of carbonyl (C=O) groups is 1. The minimum absolute atomic E-state index is 0.206. The number of carbonyl (C=O) groups excluding carboxylic acids is 1. The van der Waals surface area contributed by atoms with Crippen LogP contribution in [0.2, 0.25) is 5.02 Å². The van der Waals surface area contributed by atoms with Gasteiger partial charge in [0.25, 0.3) is 0 Å². The van der Waals surface area contributed by atoms with Crippen LogP contribution in [0.3, 0.4) is 0 Å². The van der Waals surface area contributed by atoms with E-state index >= 15 is 0 Å². The molecule has 1 fully saturated rings. The number of halogens is 2. The molecule has 11 nitrogen and oxygen atoms in total. The quantitative estimate of drug-likeness (QED) is 0.531. The number of aromatic nitrogens is 5. The highest BCUT2D eigenvalue weighted by atomic mass is 35.5. The Bertz CT molecular complexity index is 1360. The van der Waals surface area contributed by atoms with Gasteiger partial charge in [0, 0.05) is 45.4 Å². The molecule has 2 aromatic heterocycles. The van der Waals surface area contributed by atoms with Crippen molar-refractivity contribution in [2.45, 2.75) is 25.9 Å². The number of piperazine rings is 1. The van der Waals surface area contributed by atoms with Gasteiger partial charge in [0.05, 0.1) is 28.9 Å². The Hall–Kier alpha value is -4.11. The lowest BCUT2D eigenvalue weighted by Gasteiger charge is -2.37. The Labute approximate surface area is 211 Å². The zero-order chi connectivity index (χ0) is 25.2. The van der Waals surface area contributed by atoms with E-state index in [1.165, 1.54) is 23.5 Å². The van der Waals surface area contributed by atoms with Crippen LogP contribution in [0.1, 0.15) is 30.5 Å². The van der Waals surface area contributed by atoms with Gasteiger partial charge in [-0.2, -0.15) is 15.5 Å². The van der Waals surface area contributed by atoms with Crippen molar-refractivity contribution >= 4 is 29.8 Å². The molecule has 2 aliphatic heterocycles. The van der Waals surface area contributed by atoms with Crippen LogP contribution in [0.15, 0.2) is 35.8 Å². The van der Waals surface area contributed by atoms with Crippen LogP contribution < -0.4 is 4.90 Å². The van der Waals surface area contributed by atoms with Gasteiger partial charge in [-0.15, -0.1) is 0 Å². The zero-order valence-corrected chi connectivity index (χ0v) is 20.2. The molecule has 36 heavy (non-hydrogen) atoms. The fourth-order valence-corrected chi connectivity index (χ4v) is 4.51. The van der Waals surface area contributed by atoms with Crippen LogP contribution in [0.25, 0.3) is 11.5 Å². The molecular formula is C23H22ClFN10O. The first-order chi connectivity index (χ1) is 17.5. The van der Waals surface area contributed by atoms with Gasteiger partial charge in [0.1, 0.15) is 17.8 Å². The van der Waals surface area contributed by atoms with Crippen molar-refractivity contribution in [3.8, 4) is 17.6 Å². The van der Waals surface area contributed by atoms with Gasteiger partial charge in [0.15, 0.2) is 5.82 Å². The molecule has 0 spiro atoms. The topological polar surface area (TPSA) is 119 Å². The molecule has 0 aliphatic carbocycles. The van der Waals surface area contributed by atoms with Crippen LogP contribution in [-0.2, 0) is 6.54 Å². The molecule has 0 radical (unpaired) electrons. The first kappa shape index (κ1) is 23.6. The van der Waals surface area contributed by atoms with E-state index in [0.717, 1.165) is 0 Å². The summed E-state index contributed by atoms with van der Waals surface area (Å²) in [6.07, 6.45) is 5.08. The lowest BCUT2D eigenvalue weighted by molar-refractivity contribution is 0.139. The van der Waals surface area contributed by atoms with Crippen molar-refractivity contribution in [2.75, 3.05) is 31.1 Å². The van der Waals surface area contributed by atoms with Crippen molar-refractivity contribution in [3.63, 3.8) is 0 Å². The first-order valence-electron chi connectivity index (χ1n) is 11.4. The third-order valence-electron chi connectivity index (χ3n) is 6.15. The van der Waals surface area contributed by atoms with E-state index in [9.17, 15) is 14.4 Å². The third-order valence-corrected chi connectivity index (χ3v) is 6.43. The summed E-state index contributed by atoms with van der Waals surface area (Å²) in [6, 6.07) is 5.32. The van der Waals surface area contributed by atoms with Crippen molar-refractivity contribution < 1.29 is 9.18 Å². The van der Waals surface area contributed by atoms with Crippen molar-refractivity contribution in [2.24, 2.45) is 5.10 Å². The van der Waals surface area contributed by atoms with E-state index in [-0.39, 0.29) is 11.6 Å². The fraction of sp³-hybridized carbons (Fsp3) is 0.348. The summed E-state index contributed by atoms with van der Waals surface area (Å²) in [5.74, 6) is 0.541. The maximum absolute atomic E-state index is 14.0. The number of nitrogens with zero attached hydrogens (tertiary/aromatic N) is 10. The van der Waals surface area contributed by atoms with Gasteiger partial charge in [-0.25, -0.2) is 33.8 Å². The predicted molar refractivity (Wildman–Crippen MR) is 130 cm³/mol. The summed E-state index contributed by atoms with van der Waals surface area (Å²) in [5.41, 5.74) is 1.25. The molecule has 5 rings (SSSR count). The Morgan fingerprint density at radius 2 is 2.03 bits per heavy atom. The van der Waals surface area contributed by atoms with Crippen LogP contribution >= 0.6 is 11.6 Å². The van der Waals surface area contributed by atoms with Gasteiger partial charge < -0.3 is 9.80 Å². The maximum Gasteiger partial charge on any atom is 0.341 e. The molecule has 3 aromatic rings. The van der Waals surface area contributed by atoms with Gasteiger partial charge in [-0.05, 0) is 30.7 Å². The molecule has 1 aromatic carbocycles. The average Bonchev–Trinajstić information content (AvgIpc) is 3.58. The molecule has 1 atom stereocenters. The lowest BCUT2D eigenvalue weighted by Crippen LogP contribution is -2.52. The van der Waals surface area contributed by atoms with E-state index in [1.807, 2.05) is 17.9 Å². The number of urea groups is 1. The summed E-state index contributed by atoms with van der Waals surface area (Å²) >= 11 is 6.35. The molecule has 0 saturated carbocycles. The largest absolute Gasteiger partial charge is 0.341 e. The molecule has 0 bridgehead atoms. The van der Waals surface area contributed by atoms with Gasteiger partial charge >= 0.3 is 6.03 Å². The molecule has 0 N–H and O–H groups in total. The maximum atomic E-state index is 14.0. The number of hydrazone groups is 1. The van der Waals surface area contributed by atoms with Crippen molar-refractivity contribution in [1.82, 2.24) is 34.6 Å². The number of hydrogen-bond acceptors (Lipinski definition) is 8. The number of aryl methyl sites for hydroxylation is 1. The van der Waals surface area contributed by atoms with Crippen LogP contribution in [0, 0.1) is 17.1 Å². The van der Waals surface area contributed by atoms with Crippen molar-refractivity contribution in [3.05, 3.63) is 52.7 Å². The number of nitriles is 1. The van der Waals surface area contributed by atoms with Gasteiger partial charge in [0.2, 0.25) is 5.95 Å². The standard InChI is InChI=1S/C23H22ClFN10O/c1-2-34-21(28-14-30-34)20-18(24)13-27-22(31-20)32-5-7-33(8-6-32)23(36)35-19(3-4-29-35)16-9-15(12-26)10-17(25)11-16/h4,9-11,13-14,19H,2-3,5-8H2,1H3. The molecule has 4 heterocycles.